The third-order valence-corrected chi connectivity index (χ3v) is 6.30. The van der Waals surface area contributed by atoms with E-state index in [0.717, 1.165) is 22.2 Å². The molecule has 30 heavy (non-hydrogen) atoms. The number of ether oxygens (including phenoxy) is 2. The molecule has 0 spiro atoms. The number of esters is 1. The molecule has 2 aromatic carbocycles. The predicted octanol–water partition coefficient (Wildman–Crippen LogP) is 5.31. The zero-order chi connectivity index (χ0) is 21.8. The Labute approximate surface area is 194 Å². The molecule has 1 aliphatic heterocycles. The van der Waals surface area contributed by atoms with E-state index >= 15 is 0 Å². The number of thioether (sulfide) groups is 1. The zero-order valence-electron chi connectivity index (χ0n) is 16.1. The molecule has 0 aliphatic carbocycles. The summed E-state index contributed by atoms with van der Waals surface area (Å²) in [5, 5.41) is -0.507. The van der Waals surface area contributed by atoms with Gasteiger partial charge in [-0.05, 0) is 79.9 Å². The van der Waals surface area contributed by atoms with Crippen LogP contribution in [0.1, 0.15) is 16.7 Å². The van der Waals surface area contributed by atoms with Gasteiger partial charge in [0.1, 0.15) is 18.9 Å². The minimum absolute atomic E-state index is 0.232. The van der Waals surface area contributed by atoms with Crippen molar-refractivity contribution in [3.63, 3.8) is 0 Å². The van der Waals surface area contributed by atoms with Crippen molar-refractivity contribution in [2.45, 2.75) is 13.5 Å². The van der Waals surface area contributed by atoms with Crippen LogP contribution in [0.2, 0.25) is 0 Å². The fourth-order valence-corrected chi connectivity index (χ4v) is 4.91. The van der Waals surface area contributed by atoms with Crippen molar-refractivity contribution in [2.75, 3.05) is 13.7 Å². The molecule has 0 atom stereocenters. The number of benzene rings is 2. The summed E-state index contributed by atoms with van der Waals surface area (Å²) in [6, 6.07) is 11.7. The number of imide groups is 1. The smallest absolute Gasteiger partial charge is 0.325 e. The third-order valence-electron chi connectivity index (χ3n) is 4.21. The standard InChI is InChI=1S/C21H17Br2NO5S/c1-12-3-5-13(6-4-12)11-29-19-15(22)7-14(8-16(19)23)9-17-20(26)24(21(27)30-17)10-18(25)28-2/h3-9H,10-11H2,1-2H3/b17-9-. The van der Waals surface area contributed by atoms with Crippen LogP contribution in [0.15, 0.2) is 50.2 Å². The van der Waals surface area contributed by atoms with Crippen LogP contribution in [-0.4, -0.2) is 35.7 Å². The Morgan fingerprint density at radius 2 is 1.77 bits per heavy atom. The van der Waals surface area contributed by atoms with E-state index in [1.807, 2.05) is 31.2 Å². The molecule has 0 aromatic heterocycles. The van der Waals surface area contributed by atoms with Crippen LogP contribution in [0.4, 0.5) is 4.79 Å². The first-order valence-corrected chi connectivity index (χ1v) is 11.2. The molecule has 1 aliphatic rings. The van der Waals surface area contributed by atoms with Crippen LogP contribution < -0.4 is 4.74 Å². The second kappa shape index (κ2) is 9.80. The fraction of sp³-hybridized carbons (Fsp3) is 0.190. The maximum atomic E-state index is 12.5. The Morgan fingerprint density at radius 3 is 2.37 bits per heavy atom. The van der Waals surface area contributed by atoms with Gasteiger partial charge in [0.25, 0.3) is 11.1 Å². The molecule has 156 valence electrons. The van der Waals surface area contributed by atoms with Crippen molar-refractivity contribution in [3.05, 3.63) is 66.9 Å². The zero-order valence-corrected chi connectivity index (χ0v) is 20.1. The Bertz CT molecular complexity index is 1010. The highest BCUT2D eigenvalue weighted by Crippen LogP contribution is 2.38. The van der Waals surface area contributed by atoms with Gasteiger partial charge in [0.15, 0.2) is 0 Å². The molecule has 9 heteroatoms. The maximum Gasteiger partial charge on any atom is 0.325 e. The third kappa shape index (κ3) is 5.33. The largest absolute Gasteiger partial charge is 0.487 e. The summed E-state index contributed by atoms with van der Waals surface area (Å²) in [7, 11) is 1.20. The SMILES string of the molecule is COC(=O)CN1C(=O)S/C(=C\c2cc(Br)c(OCc3ccc(C)cc3)c(Br)c2)C1=O. The first kappa shape index (κ1) is 22.6. The number of carbonyl (C=O) groups is 3. The number of amides is 2. The van der Waals surface area contributed by atoms with E-state index < -0.39 is 23.7 Å². The topological polar surface area (TPSA) is 72.9 Å². The number of aryl methyl sites for hydroxylation is 1. The van der Waals surface area contributed by atoms with Crippen molar-refractivity contribution in [1.29, 1.82) is 0 Å². The van der Waals surface area contributed by atoms with Gasteiger partial charge in [0, 0.05) is 0 Å². The van der Waals surface area contributed by atoms with Crippen molar-refractivity contribution in [3.8, 4) is 5.75 Å². The van der Waals surface area contributed by atoms with Crippen molar-refractivity contribution >= 4 is 66.8 Å². The first-order chi connectivity index (χ1) is 14.3. The number of hydrogen-bond acceptors (Lipinski definition) is 6. The van der Waals surface area contributed by atoms with E-state index in [9.17, 15) is 14.4 Å². The molecule has 2 aromatic rings. The van der Waals surface area contributed by atoms with E-state index in [-0.39, 0.29) is 4.91 Å². The first-order valence-electron chi connectivity index (χ1n) is 8.78. The second-order valence-electron chi connectivity index (χ2n) is 6.43. The van der Waals surface area contributed by atoms with E-state index in [0.29, 0.717) is 26.9 Å². The fourth-order valence-electron chi connectivity index (χ4n) is 2.62. The summed E-state index contributed by atoms with van der Waals surface area (Å²) in [6.45, 7) is 2.03. The summed E-state index contributed by atoms with van der Waals surface area (Å²) in [4.78, 5) is 37.0. The number of carbonyl (C=O) groups excluding carboxylic acids is 3. The summed E-state index contributed by atoms with van der Waals surface area (Å²) in [5.74, 6) is -0.548. The molecule has 0 N–H and O–H groups in total. The molecule has 1 saturated heterocycles. The van der Waals surface area contributed by atoms with Crippen molar-refractivity contribution in [1.82, 2.24) is 4.90 Å². The normalized spacial score (nSPS) is 15.1. The van der Waals surface area contributed by atoms with Gasteiger partial charge in [-0.3, -0.25) is 19.3 Å². The van der Waals surface area contributed by atoms with Gasteiger partial charge in [-0.15, -0.1) is 0 Å². The maximum absolute atomic E-state index is 12.5. The van der Waals surface area contributed by atoms with Crippen LogP contribution in [-0.2, 0) is 20.9 Å². The molecule has 2 amide bonds. The molecule has 0 unspecified atom stereocenters. The number of hydrogen-bond donors (Lipinski definition) is 0. The molecule has 1 heterocycles. The summed E-state index contributed by atoms with van der Waals surface area (Å²) < 4.78 is 11.9. The number of halogens is 2. The average Bonchev–Trinajstić information content (AvgIpc) is 2.96. The summed E-state index contributed by atoms with van der Waals surface area (Å²) in [5.41, 5.74) is 2.92. The lowest BCUT2D eigenvalue weighted by Gasteiger charge is -2.12. The molecular weight excluding hydrogens is 538 g/mol. The quantitative estimate of drug-likeness (QED) is 0.356. The monoisotopic (exact) mass is 553 g/mol. The van der Waals surface area contributed by atoms with E-state index in [2.05, 4.69) is 36.6 Å². The van der Waals surface area contributed by atoms with Gasteiger partial charge in [0.05, 0.1) is 21.0 Å². The Kier molecular flexibility index (Phi) is 7.38. The van der Waals surface area contributed by atoms with Crippen LogP contribution in [0, 0.1) is 6.92 Å². The lowest BCUT2D eigenvalue weighted by atomic mass is 10.1. The molecule has 0 bridgehead atoms. The molecule has 3 rings (SSSR count). The Morgan fingerprint density at radius 1 is 1.13 bits per heavy atom. The minimum atomic E-state index is -0.654. The number of rotatable bonds is 6. The molecule has 0 saturated carbocycles. The van der Waals surface area contributed by atoms with E-state index in [1.54, 1.807) is 18.2 Å². The minimum Gasteiger partial charge on any atom is -0.487 e. The predicted molar refractivity (Wildman–Crippen MR) is 122 cm³/mol. The van der Waals surface area contributed by atoms with Gasteiger partial charge >= 0.3 is 5.97 Å². The van der Waals surface area contributed by atoms with Gasteiger partial charge in [-0.1, -0.05) is 29.8 Å². The van der Waals surface area contributed by atoms with Crippen LogP contribution in [0.5, 0.6) is 5.75 Å². The van der Waals surface area contributed by atoms with Gasteiger partial charge in [-0.2, -0.15) is 0 Å². The van der Waals surface area contributed by atoms with Gasteiger partial charge in [-0.25, -0.2) is 0 Å². The van der Waals surface area contributed by atoms with Gasteiger partial charge < -0.3 is 9.47 Å². The Hall–Kier alpha value is -2.10. The van der Waals surface area contributed by atoms with E-state index in [1.165, 1.54) is 12.7 Å². The van der Waals surface area contributed by atoms with Gasteiger partial charge in [0.2, 0.25) is 0 Å². The second-order valence-corrected chi connectivity index (χ2v) is 9.13. The van der Waals surface area contributed by atoms with Crippen LogP contribution >= 0.6 is 43.6 Å². The van der Waals surface area contributed by atoms with Crippen LogP contribution in [0.25, 0.3) is 6.08 Å². The lowest BCUT2D eigenvalue weighted by Crippen LogP contribution is -2.34. The Balaban J connectivity index is 1.76. The van der Waals surface area contributed by atoms with E-state index in [4.69, 9.17) is 4.74 Å². The molecular formula is C21H17Br2NO5S. The molecule has 0 radical (unpaired) electrons. The molecule has 6 nitrogen and oxygen atoms in total. The number of nitrogens with zero attached hydrogens (tertiary/aromatic N) is 1. The molecule has 1 fully saturated rings. The average molecular weight is 555 g/mol. The summed E-state index contributed by atoms with van der Waals surface area (Å²) in [6.07, 6.45) is 1.60. The lowest BCUT2D eigenvalue weighted by molar-refractivity contribution is -0.143. The number of methoxy groups -OCH3 is 1. The highest BCUT2D eigenvalue weighted by atomic mass is 79.9. The highest BCUT2D eigenvalue weighted by molar-refractivity contribution is 9.11. The summed E-state index contributed by atoms with van der Waals surface area (Å²) >= 11 is 7.78. The highest BCUT2D eigenvalue weighted by Gasteiger charge is 2.36. The van der Waals surface area contributed by atoms with Crippen molar-refractivity contribution < 1.29 is 23.9 Å². The van der Waals surface area contributed by atoms with Crippen LogP contribution in [0.3, 0.4) is 0 Å². The van der Waals surface area contributed by atoms with Crippen molar-refractivity contribution in [2.24, 2.45) is 0 Å².